The van der Waals surface area contributed by atoms with Crippen LogP contribution in [0.25, 0.3) is 56.4 Å². The average molecular weight is 637 g/mol. The predicted octanol–water partition coefficient (Wildman–Crippen LogP) is 11.2. The van der Waals surface area contributed by atoms with Crippen LogP contribution in [0.1, 0.15) is 57.1 Å². The molecule has 2 aliphatic rings. The Bertz CT molecular complexity index is 2050. The molecule has 2 aliphatic carbocycles. The van der Waals surface area contributed by atoms with Gasteiger partial charge in [-0.05, 0) is 113 Å². The maximum atomic E-state index is 9.45. The van der Waals surface area contributed by atoms with Crippen molar-refractivity contribution in [3.05, 3.63) is 139 Å². The number of rotatable bonds is 6. The quantitative estimate of drug-likeness (QED) is 0.182. The van der Waals surface area contributed by atoms with Crippen molar-refractivity contribution in [3.63, 3.8) is 0 Å². The van der Waals surface area contributed by atoms with Crippen molar-refractivity contribution in [3.8, 4) is 62.5 Å². The molecule has 1 heterocycles. The van der Waals surface area contributed by atoms with Gasteiger partial charge in [-0.25, -0.2) is 15.0 Å². The van der Waals surface area contributed by atoms with E-state index in [4.69, 9.17) is 15.0 Å². The van der Waals surface area contributed by atoms with E-state index in [1.807, 2.05) is 84.9 Å². The second kappa shape index (κ2) is 12.9. The summed E-state index contributed by atoms with van der Waals surface area (Å²) in [7, 11) is 0. The number of aromatic nitrogens is 3. The van der Waals surface area contributed by atoms with E-state index < -0.39 is 0 Å². The summed E-state index contributed by atoms with van der Waals surface area (Å²) in [6.45, 7) is 4.91. The minimum Gasteiger partial charge on any atom is -0.208 e. The van der Waals surface area contributed by atoms with Gasteiger partial charge in [-0.1, -0.05) is 111 Å². The number of nitrogens with zero attached hydrogens (tertiary/aromatic N) is 4. The van der Waals surface area contributed by atoms with Crippen molar-refractivity contribution < 1.29 is 0 Å². The van der Waals surface area contributed by atoms with Crippen molar-refractivity contribution in [2.45, 2.75) is 51.4 Å². The number of hydrogen-bond donors (Lipinski definition) is 0. The fourth-order valence-electron chi connectivity index (χ4n) is 8.84. The maximum absolute atomic E-state index is 9.45. The zero-order chi connectivity index (χ0) is 33.4. The summed E-state index contributed by atoms with van der Waals surface area (Å²) in [5.41, 5.74) is 9.60. The summed E-state index contributed by atoms with van der Waals surface area (Å²) in [5.74, 6) is 4.30. The Morgan fingerprint density at radius 3 is 1.45 bits per heavy atom. The van der Waals surface area contributed by atoms with E-state index in [1.165, 1.54) is 43.2 Å². The summed E-state index contributed by atoms with van der Waals surface area (Å²) in [5, 5.41) is 9.45. The molecule has 6 aromatic rings. The Morgan fingerprint density at radius 1 is 0.510 bits per heavy atom. The topological polar surface area (TPSA) is 62.5 Å². The molecule has 2 saturated carbocycles. The van der Waals surface area contributed by atoms with Gasteiger partial charge < -0.3 is 0 Å². The SMILES string of the molecule is C[C@@H]1CC2C[C@H](C)CC(c3ccc(-c4cc(-c5ccc(C#N)cc5)cc(-c5nc(-c6ccccc6)nc(-c6ccccc6)n5)c4)cc3)(C2)C1. The molecule has 240 valence electrons. The molecule has 49 heavy (non-hydrogen) atoms. The minimum atomic E-state index is 0.292. The van der Waals surface area contributed by atoms with Crippen molar-refractivity contribution in [2.24, 2.45) is 17.8 Å². The van der Waals surface area contributed by atoms with Gasteiger partial charge in [0.05, 0.1) is 11.6 Å². The van der Waals surface area contributed by atoms with Crippen molar-refractivity contribution in [1.82, 2.24) is 15.0 Å². The summed E-state index contributed by atoms with van der Waals surface area (Å²) >= 11 is 0. The van der Waals surface area contributed by atoms with Gasteiger partial charge in [-0.15, -0.1) is 0 Å². The summed E-state index contributed by atoms with van der Waals surface area (Å²) in [6, 6.07) is 46.3. The lowest BCUT2D eigenvalue weighted by atomic mass is 9.54. The molecule has 2 unspecified atom stereocenters. The third-order valence-electron chi connectivity index (χ3n) is 10.7. The smallest absolute Gasteiger partial charge is 0.164 e. The number of fused-ring (bicyclic) bond motifs is 2. The molecule has 4 atom stereocenters. The monoisotopic (exact) mass is 636 g/mol. The van der Waals surface area contributed by atoms with E-state index in [0.29, 0.717) is 28.5 Å². The number of hydrogen-bond acceptors (Lipinski definition) is 4. The Balaban J connectivity index is 1.26. The van der Waals surface area contributed by atoms with Gasteiger partial charge in [0, 0.05) is 16.7 Å². The van der Waals surface area contributed by atoms with Gasteiger partial charge in [0.15, 0.2) is 17.5 Å². The molecule has 4 heteroatoms. The van der Waals surface area contributed by atoms with Crippen LogP contribution >= 0.6 is 0 Å². The molecule has 0 aliphatic heterocycles. The fourth-order valence-corrected chi connectivity index (χ4v) is 8.84. The van der Waals surface area contributed by atoms with Crippen LogP contribution < -0.4 is 0 Å². The number of nitriles is 1. The van der Waals surface area contributed by atoms with Gasteiger partial charge in [0.2, 0.25) is 0 Å². The molecule has 0 amide bonds. The van der Waals surface area contributed by atoms with E-state index in [0.717, 1.165) is 51.1 Å². The Kier molecular flexibility index (Phi) is 8.14. The highest BCUT2D eigenvalue weighted by Crippen LogP contribution is 2.54. The van der Waals surface area contributed by atoms with Crippen LogP contribution in [0.2, 0.25) is 0 Å². The Hall–Kier alpha value is -5.40. The fraction of sp³-hybridized carbons (Fsp3) is 0.244. The molecule has 2 fully saturated rings. The van der Waals surface area contributed by atoms with Gasteiger partial charge in [0.1, 0.15) is 0 Å². The molecular weight excluding hydrogens is 597 g/mol. The largest absolute Gasteiger partial charge is 0.208 e. The average Bonchev–Trinajstić information content (AvgIpc) is 3.14. The second-order valence-corrected chi connectivity index (χ2v) is 14.5. The number of benzene rings is 5. The van der Waals surface area contributed by atoms with Crippen LogP contribution in [-0.4, -0.2) is 15.0 Å². The lowest BCUT2D eigenvalue weighted by molar-refractivity contribution is 0.0780. The van der Waals surface area contributed by atoms with Crippen LogP contribution in [0.5, 0.6) is 0 Å². The van der Waals surface area contributed by atoms with Crippen LogP contribution in [0.3, 0.4) is 0 Å². The predicted molar refractivity (Wildman–Crippen MR) is 198 cm³/mol. The molecular formula is C45H40N4. The van der Waals surface area contributed by atoms with Crippen LogP contribution in [0.4, 0.5) is 0 Å². The molecule has 2 bridgehead atoms. The lowest BCUT2D eigenvalue weighted by Crippen LogP contribution is -2.42. The first kappa shape index (κ1) is 30.9. The minimum absolute atomic E-state index is 0.292. The van der Waals surface area contributed by atoms with Crippen molar-refractivity contribution in [1.29, 1.82) is 5.26 Å². The first-order valence-corrected chi connectivity index (χ1v) is 17.6. The highest BCUT2D eigenvalue weighted by atomic mass is 15.0. The third-order valence-corrected chi connectivity index (χ3v) is 10.7. The normalized spacial score (nSPS) is 21.5. The highest BCUT2D eigenvalue weighted by Gasteiger charge is 2.45. The molecule has 4 nitrogen and oxygen atoms in total. The van der Waals surface area contributed by atoms with Gasteiger partial charge in [-0.2, -0.15) is 5.26 Å². The molecule has 0 spiro atoms. The van der Waals surface area contributed by atoms with Gasteiger partial charge in [-0.3, -0.25) is 0 Å². The van der Waals surface area contributed by atoms with E-state index in [1.54, 1.807) is 0 Å². The Labute approximate surface area is 289 Å². The van der Waals surface area contributed by atoms with E-state index in [2.05, 4.69) is 62.4 Å². The standard InChI is InChI=1S/C45H40N4/c1-30-21-33-22-31(2)27-45(26-30,28-33)41-19-17-35(18-20-41)39-23-38(34-15-13-32(29-46)14-16-34)24-40(25-39)44-48-42(36-9-5-3-6-10-36)47-43(49-44)37-11-7-4-8-12-37/h3-20,23-25,30-31,33H,21-22,26-28H2,1-2H3/t30-,31+,33?,45?. The van der Waals surface area contributed by atoms with Crippen molar-refractivity contribution >= 4 is 0 Å². The van der Waals surface area contributed by atoms with E-state index >= 15 is 0 Å². The molecule has 0 saturated heterocycles. The molecule has 5 aromatic carbocycles. The summed E-state index contributed by atoms with van der Waals surface area (Å²) in [6.07, 6.45) is 6.66. The first-order chi connectivity index (χ1) is 23.9. The van der Waals surface area contributed by atoms with Crippen LogP contribution in [-0.2, 0) is 5.41 Å². The third kappa shape index (κ3) is 6.30. The maximum Gasteiger partial charge on any atom is 0.164 e. The van der Waals surface area contributed by atoms with E-state index in [9.17, 15) is 5.26 Å². The lowest BCUT2D eigenvalue weighted by Gasteiger charge is -2.50. The van der Waals surface area contributed by atoms with Crippen LogP contribution in [0, 0.1) is 29.1 Å². The van der Waals surface area contributed by atoms with Crippen molar-refractivity contribution in [2.75, 3.05) is 0 Å². The zero-order valence-corrected chi connectivity index (χ0v) is 28.2. The molecule has 8 rings (SSSR count). The molecule has 0 N–H and O–H groups in total. The first-order valence-electron chi connectivity index (χ1n) is 17.6. The second-order valence-electron chi connectivity index (χ2n) is 14.5. The summed E-state index contributed by atoms with van der Waals surface area (Å²) in [4.78, 5) is 15.0. The highest BCUT2D eigenvalue weighted by molar-refractivity contribution is 5.80. The van der Waals surface area contributed by atoms with E-state index in [-0.39, 0.29) is 0 Å². The summed E-state index contributed by atoms with van der Waals surface area (Å²) < 4.78 is 0. The zero-order valence-electron chi connectivity index (χ0n) is 28.2. The van der Waals surface area contributed by atoms with Gasteiger partial charge in [0.25, 0.3) is 0 Å². The Morgan fingerprint density at radius 2 is 0.959 bits per heavy atom. The molecule has 0 radical (unpaired) electrons. The van der Waals surface area contributed by atoms with Gasteiger partial charge >= 0.3 is 0 Å². The van der Waals surface area contributed by atoms with Crippen LogP contribution in [0.15, 0.2) is 127 Å². The molecule has 1 aromatic heterocycles.